The summed E-state index contributed by atoms with van der Waals surface area (Å²) in [4.78, 5) is 0. The minimum atomic E-state index is 0.629. The second kappa shape index (κ2) is 4.75. The van der Waals surface area contributed by atoms with E-state index in [2.05, 4.69) is 11.2 Å². The fourth-order valence-corrected chi connectivity index (χ4v) is 2.42. The lowest BCUT2D eigenvalue weighted by Crippen LogP contribution is -2.05. The van der Waals surface area contributed by atoms with E-state index in [4.69, 9.17) is 17.3 Å². The topological polar surface area (TPSA) is 43.8 Å². The molecular formula is C14H16ClN3. The number of nitrogens with two attached hydrogens (primary N) is 1. The van der Waals surface area contributed by atoms with Crippen molar-refractivity contribution in [3.8, 4) is 5.69 Å². The average molecular weight is 262 g/mol. The Balaban J connectivity index is 2.07. The molecule has 0 saturated heterocycles. The van der Waals surface area contributed by atoms with Crippen LogP contribution in [0, 0.1) is 0 Å². The molecule has 0 atom stereocenters. The molecule has 0 radical (unpaired) electrons. The van der Waals surface area contributed by atoms with Crippen LogP contribution < -0.4 is 5.73 Å². The van der Waals surface area contributed by atoms with E-state index in [0.717, 1.165) is 22.8 Å². The third-order valence-electron chi connectivity index (χ3n) is 3.26. The Morgan fingerprint density at radius 1 is 1.33 bits per heavy atom. The maximum atomic E-state index is 6.26. The van der Waals surface area contributed by atoms with E-state index in [1.165, 1.54) is 18.5 Å². The molecule has 0 spiro atoms. The van der Waals surface area contributed by atoms with E-state index in [9.17, 15) is 0 Å². The summed E-state index contributed by atoms with van der Waals surface area (Å²) in [6.45, 7) is 0.629. The lowest BCUT2D eigenvalue weighted by molar-refractivity contribution is 0.781. The number of halogens is 1. The normalized spacial score (nSPS) is 15.0. The maximum Gasteiger partial charge on any atom is 0.0835 e. The maximum absolute atomic E-state index is 6.26. The number of hydrogen-bond acceptors (Lipinski definition) is 2. The molecule has 0 amide bonds. The molecule has 1 saturated carbocycles. The van der Waals surface area contributed by atoms with E-state index in [-0.39, 0.29) is 0 Å². The molecule has 3 nitrogen and oxygen atoms in total. The van der Waals surface area contributed by atoms with Crippen molar-refractivity contribution in [3.05, 3.63) is 46.7 Å². The number of rotatable bonds is 4. The third kappa shape index (κ3) is 2.16. The second-order valence-corrected chi connectivity index (χ2v) is 5.14. The van der Waals surface area contributed by atoms with Crippen molar-refractivity contribution in [3.63, 3.8) is 0 Å². The first kappa shape index (κ1) is 11.8. The van der Waals surface area contributed by atoms with Crippen molar-refractivity contribution >= 4 is 11.6 Å². The van der Waals surface area contributed by atoms with E-state index in [0.29, 0.717) is 12.5 Å². The Morgan fingerprint density at radius 3 is 2.78 bits per heavy atom. The predicted octanol–water partition coefficient (Wildman–Crippen LogP) is 2.90. The van der Waals surface area contributed by atoms with Gasteiger partial charge in [0.05, 0.1) is 16.4 Å². The van der Waals surface area contributed by atoms with Crippen molar-refractivity contribution in [1.82, 2.24) is 9.78 Å². The van der Waals surface area contributed by atoms with Crippen LogP contribution in [0.5, 0.6) is 0 Å². The summed E-state index contributed by atoms with van der Waals surface area (Å²) < 4.78 is 1.99. The summed E-state index contributed by atoms with van der Waals surface area (Å²) >= 11 is 6.26. The molecule has 1 aliphatic carbocycles. The zero-order chi connectivity index (χ0) is 12.5. The van der Waals surface area contributed by atoms with Crippen molar-refractivity contribution in [2.45, 2.75) is 25.2 Å². The fraction of sp³-hybridized carbons (Fsp3) is 0.357. The number of benzene rings is 1. The van der Waals surface area contributed by atoms with Gasteiger partial charge in [-0.2, -0.15) is 5.10 Å². The summed E-state index contributed by atoms with van der Waals surface area (Å²) in [7, 11) is 0. The van der Waals surface area contributed by atoms with Gasteiger partial charge in [-0.05, 0) is 37.6 Å². The van der Waals surface area contributed by atoms with Gasteiger partial charge >= 0.3 is 0 Å². The molecule has 3 rings (SSSR count). The predicted molar refractivity (Wildman–Crippen MR) is 73.3 cm³/mol. The van der Waals surface area contributed by atoms with Gasteiger partial charge in [0.25, 0.3) is 0 Å². The minimum absolute atomic E-state index is 0.629. The van der Waals surface area contributed by atoms with Crippen molar-refractivity contribution in [2.75, 3.05) is 6.54 Å². The molecule has 1 aromatic carbocycles. The molecule has 0 bridgehead atoms. The molecule has 1 heterocycles. The molecule has 2 N–H and O–H groups in total. The third-order valence-corrected chi connectivity index (χ3v) is 3.58. The quantitative estimate of drug-likeness (QED) is 0.920. The minimum Gasteiger partial charge on any atom is -0.330 e. The fourth-order valence-electron chi connectivity index (χ4n) is 2.20. The molecule has 94 valence electrons. The van der Waals surface area contributed by atoms with Crippen LogP contribution in [-0.4, -0.2) is 16.3 Å². The molecule has 18 heavy (non-hydrogen) atoms. The zero-order valence-electron chi connectivity index (χ0n) is 10.1. The number of nitrogens with zero attached hydrogens (tertiary/aromatic N) is 2. The van der Waals surface area contributed by atoms with Gasteiger partial charge in [0, 0.05) is 18.0 Å². The highest BCUT2D eigenvalue weighted by atomic mass is 35.5. The molecule has 4 heteroatoms. The van der Waals surface area contributed by atoms with Gasteiger partial charge < -0.3 is 5.73 Å². The smallest absolute Gasteiger partial charge is 0.0835 e. The lowest BCUT2D eigenvalue weighted by Gasteiger charge is -2.08. The molecule has 0 aliphatic heterocycles. The summed E-state index contributed by atoms with van der Waals surface area (Å²) in [6.07, 6.45) is 3.31. The van der Waals surface area contributed by atoms with Crippen molar-refractivity contribution < 1.29 is 0 Å². The largest absolute Gasteiger partial charge is 0.330 e. The van der Waals surface area contributed by atoms with Gasteiger partial charge in [-0.25, -0.2) is 4.68 Å². The highest BCUT2D eigenvalue weighted by Gasteiger charge is 2.28. The van der Waals surface area contributed by atoms with E-state index in [1.807, 2.05) is 28.9 Å². The van der Waals surface area contributed by atoms with Gasteiger partial charge in [-0.1, -0.05) is 23.7 Å². The van der Waals surface area contributed by atoms with Crippen LogP contribution in [0.2, 0.25) is 5.02 Å². The average Bonchev–Trinajstić information content (AvgIpc) is 3.13. The van der Waals surface area contributed by atoms with Crippen LogP contribution in [-0.2, 0) is 6.42 Å². The van der Waals surface area contributed by atoms with Crippen molar-refractivity contribution in [2.24, 2.45) is 5.73 Å². The number of hydrogen-bond donors (Lipinski definition) is 1. The van der Waals surface area contributed by atoms with Crippen LogP contribution in [0.4, 0.5) is 0 Å². The summed E-state index contributed by atoms with van der Waals surface area (Å²) in [5.74, 6) is 0.639. The molecule has 0 unspecified atom stereocenters. The Kier molecular flexibility index (Phi) is 3.10. The van der Waals surface area contributed by atoms with E-state index >= 15 is 0 Å². The standard InChI is InChI=1S/C14H16ClN3/c15-12-3-1-2-4-13(12)18-14(10-5-6-10)9-11(17-18)7-8-16/h1-4,9-10H,5-8,16H2. The van der Waals surface area contributed by atoms with Gasteiger partial charge in [0.1, 0.15) is 0 Å². The van der Waals surface area contributed by atoms with Crippen LogP contribution >= 0.6 is 11.6 Å². The van der Waals surface area contributed by atoms with Crippen LogP contribution in [0.15, 0.2) is 30.3 Å². The monoisotopic (exact) mass is 261 g/mol. The highest BCUT2D eigenvalue weighted by molar-refractivity contribution is 6.32. The van der Waals surface area contributed by atoms with Gasteiger partial charge in [-0.15, -0.1) is 0 Å². The van der Waals surface area contributed by atoms with Gasteiger partial charge in [0.2, 0.25) is 0 Å². The molecule has 1 aromatic heterocycles. The Bertz CT molecular complexity index is 558. The molecular weight excluding hydrogens is 246 g/mol. The Hall–Kier alpha value is -1.32. The number of aromatic nitrogens is 2. The SMILES string of the molecule is NCCc1cc(C2CC2)n(-c2ccccc2Cl)n1. The summed E-state index contributed by atoms with van der Waals surface area (Å²) in [6, 6.07) is 10.0. The van der Waals surface area contributed by atoms with Gasteiger partial charge in [-0.3, -0.25) is 0 Å². The number of para-hydroxylation sites is 1. The zero-order valence-corrected chi connectivity index (χ0v) is 10.9. The van der Waals surface area contributed by atoms with Crippen LogP contribution in [0.3, 0.4) is 0 Å². The first-order valence-corrected chi connectivity index (χ1v) is 6.71. The van der Waals surface area contributed by atoms with E-state index in [1.54, 1.807) is 0 Å². The molecule has 1 fully saturated rings. The highest BCUT2D eigenvalue weighted by Crippen LogP contribution is 2.41. The van der Waals surface area contributed by atoms with Gasteiger partial charge in [0.15, 0.2) is 0 Å². The first-order valence-electron chi connectivity index (χ1n) is 6.33. The molecule has 2 aromatic rings. The summed E-state index contributed by atoms with van der Waals surface area (Å²) in [5, 5.41) is 5.38. The Morgan fingerprint density at radius 2 is 2.11 bits per heavy atom. The first-order chi connectivity index (χ1) is 8.79. The van der Waals surface area contributed by atoms with E-state index < -0.39 is 0 Å². The van der Waals surface area contributed by atoms with Crippen molar-refractivity contribution in [1.29, 1.82) is 0 Å². The van der Waals surface area contributed by atoms with Crippen LogP contribution in [0.1, 0.15) is 30.1 Å². The summed E-state index contributed by atoms with van der Waals surface area (Å²) in [5.41, 5.74) is 8.89. The molecule has 1 aliphatic rings. The lowest BCUT2D eigenvalue weighted by atomic mass is 10.2. The van der Waals surface area contributed by atoms with Crippen LogP contribution in [0.25, 0.3) is 5.69 Å². The Labute approximate surface area is 112 Å². The second-order valence-electron chi connectivity index (χ2n) is 4.74.